The third-order valence-electron chi connectivity index (χ3n) is 2.57. The van der Waals surface area contributed by atoms with Crippen molar-refractivity contribution in [3.05, 3.63) is 23.5 Å². The van der Waals surface area contributed by atoms with E-state index in [4.69, 9.17) is 14.2 Å². The van der Waals surface area contributed by atoms with E-state index in [0.717, 1.165) is 12.1 Å². The van der Waals surface area contributed by atoms with Crippen LogP contribution in [0, 0.1) is 0 Å². The molecule has 1 rings (SSSR count). The number of rotatable bonds is 6. The van der Waals surface area contributed by atoms with Crippen LogP contribution in [0.5, 0.6) is 5.75 Å². The molecule has 0 aliphatic carbocycles. The lowest BCUT2D eigenvalue weighted by Gasteiger charge is -2.20. The van der Waals surface area contributed by atoms with Gasteiger partial charge >= 0.3 is 12.3 Å². The third kappa shape index (κ3) is 7.14. The summed E-state index contributed by atoms with van der Waals surface area (Å²) in [5.74, 6) is -0.0952. The minimum Gasteiger partial charge on any atom is -0.408 e. The normalized spacial score (nSPS) is 12.1. The molecule has 0 aromatic carbocycles. The first-order valence-corrected chi connectivity index (χ1v) is 7.17. The van der Waals surface area contributed by atoms with E-state index in [1.807, 2.05) is 0 Å². The molecule has 0 saturated heterocycles. The summed E-state index contributed by atoms with van der Waals surface area (Å²) in [6, 6.07) is 1.80. The lowest BCUT2D eigenvalue weighted by molar-refractivity contribution is -0.141. The highest BCUT2D eigenvalue weighted by Gasteiger charge is 2.33. The topological polar surface area (TPSA) is 69.7 Å². The molecule has 136 valence electrons. The first-order valence-electron chi connectivity index (χ1n) is 7.17. The Morgan fingerprint density at radius 1 is 1.21 bits per heavy atom. The van der Waals surface area contributed by atoms with Crippen molar-refractivity contribution < 1.29 is 32.2 Å². The molecule has 0 bridgehead atoms. The summed E-state index contributed by atoms with van der Waals surface area (Å²) >= 11 is 0. The average Bonchev–Trinajstić information content (AvgIpc) is 2.41. The fourth-order valence-corrected chi connectivity index (χ4v) is 1.59. The second-order valence-electron chi connectivity index (χ2n) is 5.95. The van der Waals surface area contributed by atoms with Crippen LogP contribution in [-0.2, 0) is 22.3 Å². The van der Waals surface area contributed by atoms with E-state index in [-0.39, 0.29) is 31.3 Å². The van der Waals surface area contributed by atoms with Crippen LogP contribution in [0.1, 0.15) is 32.2 Å². The Bertz CT molecular complexity index is 557. The third-order valence-corrected chi connectivity index (χ3v) is 2.57. The quantitative estimate of drug-likeness (QED) is 0.798. The Kier molecular flexibility index (Phi) is 6.97. The minimum atomic E-state index is -4.60. The molecule has 0 fully saturated rings. The van der Waals surface area contributed by atoms with E-state index in [1.54, 1.807) is 20.8 Å². The van der Waals surface area contributed by atoms with Crippen molar-refractivity contribution in [2.24, 2.45) is 0 Å². The molecular formula is C15H21F3N2O4. The number of hydrogen-bond donors (Lipinski definition) is 1. The second kappa shape index (κ2) is 8.29. The summed E-state index contributed by atoms with van der Waals surface area (Å²) in [5, 5.41) is 2.54. The summed E-state index contributed by atoms with van der Waals surface area (Å²) in [5.41, 5.74) is -1.76. The van der Waals surface area contributed by atoms with Crippen LogP contribution in [0.3, 0.4) is 0 Å². The van der Waals surface area contributed by atoms with Gasteiger partial charge in [-0.3, -0.25) is 0 Å². The summed E-state index contributed by atoms with van der Waals surface area (Å²) < 4.78 is 53.4. The minimum absolute atomic E-state index is 0.0952. The molecule has 0 aliphatic heterocycles. The van der Waals surface area contributed by atoms with Crippen molar-refractivity contribution in [2.75, 3.05) is 20.3 Å². The van der Waals surface area contributed by atoms with E-state index in [2.05, 4.69) is 10.3 Å². The van der Waals surface area contributed by atoms with Crippen LogP contribution in [0.25, 0.3) is 0 Å². The van der Waals surface area contributed by atoms with Gasteiger partial charge in [0.15, 0.2) is 5.75 Å². The van der Waals surface area contributed by atoms with Gasteiger partial charge in [0.05, 0.1) is 19.8 Å². The van der Waals surface area contributed by atoms with Crippen molar-refractivity contribution >= 4 is 6.09 Å². The van der Waals surface area contributed by atoms with Crippen LogP contribution in [0.4, 0.5) is 18.0 Å². The van der Waals surface area contributed by atoms with Crippen molar-refractivity contribution in [3.63, 3.8) is 0 Å². The molecule has 9 heteroatoms. The van der Waals surface area contributed by atoms with E-state index >= 15 is 0 Å². The Morgan fingerprint density at radius 3 is 2.42 bits per heavy atom. The van der Waals surface area contributed by atoms with Gasteiger partial charge in [-0.05, 0) is 32.9 Å². The van der Waals surface area contributed by atoms with Gasteiger partial charge in [-0.1, -0.05) is 0 Å². The molecule has 0 radical (unpaired) electrons. The molecule has 1 aromatic heterocycles. The predicted molar refractivity (Wildman–Crippen MR) is 79.7 cm³/mol. The van der Waals surface area contributed by atoms with Gasteiger partial charge in [-0.15, -0.1) is 0 Å². The highest BCUT2D eigenvalue weighted by atomic mass is 19.4. The summed E-state index contributed by atoms with van der Waals surface area (Å²) in [4.78, 5) is 15.3. The number of methoxy groups -OCH3 is 1. The van der Waals surface area contributed by atoms with Gasteiger partial charge in [0, 0.05) is 12.6 Å². The molecule has 1 aromatic rings. The van der Waals surface area contributed by atoms with Crippen LogP contribution < -0.4 is 10.1 Å². The Hall–Kier alpha value is -1.87. The first kappa shape index (κ1) is 20.2. The molecule has 0 unspecified atom stereocenters. The highest BCUT2D eigenvalue weighted by Crippen LogP contribution is 2.30. The van der Waals surface area contributed by atoms with Crippen molar-refractivity contribution in [1.82, 2.24) is 10.3 Å². The molecule has 24 heavy (non-hydrogen) atoms. The smallest absolute Gasteiger partial charge is 0.408 e. The number of amides is 1. The van der Waals surface area contributed by atoms with Gasteiger partial charge in [0.25, 0.3) is 0 Å². The zero-order chi connectivity index (χ0) is 18.4. The number of alkyl halides is 3. The fraction of sp³-hybridized carbons (Fsp3) is 0.600. The van der Waals surface area contributed by atoms with Gasteiger partial charge in [-0.2, -0.15) is 13.2 Å². The monoisotopic (exact) mass is 350 g/mol. The molecule has 0 saturated carbocycles. The molecule has 0 atom stereocenters. The summed E-state index contributed by atoms with van der Waals surface area (Å²) in [7, 11) is 1.47. The Labute approximate surface area is 138 Å². The van der Waals surface area contributed by atoms with E-state index < -0.39 is 23.5 Å². The molecule has 6 nitrogen and oxygen atoms in total. The van der Waals surface area contributed by atoms with E-state index in [1.165, 1.54) is 7.11 Å². The maximum Gasteiger partial charge on any atom is 0.433 e. The van der Waals surface area contributed by atoms with E-state index in [0.29, 0.717) is 0 Å². The SMILES string of the molecule is COCCOCc1nc(C(F)(F)F)ccc1OC(=O)NC(C)(C)C. The molecular weight excluding hydrogens is 329 g/mol. The number of halogens is 3. The van der Waals surface area contributed by atoms with Crippen LogP contribution in [0.2, 0.25) is 0 Å². The second-order valence-corrected chi connectivity index (χ2v) is 5.95. The standard InChI is InChI=1S/C15H21F3N2O4/c1-14(2,3)20-13(21)24-11-5-6-12(15(16,17)18)19-10(11)9-23-8-7-22-4/h5-6H,7-9H2,1-4H3,(H,20,21). The number of hydrogen-bond acceptors (Lipinski definition) is 5. The largest absolute Gasteiger partial charge is 0.433 e. The first-order chi connectivity index (χ1) is 11.0. The fourth-order valence-electron chi connectivity index (χ4n) is 1.59. The highest BCUT2D eigenvalue weighted by molar-refractivity contribution is 5.71. The van der Waals surface area contributed by atoms with Gasteiger partial charge in [0.1, 0.15) is 11.4 Å². The number of nitrogens with one attached hydrogen (secondary N) is 1. The van der Waals surface area contributed by atoms with Crippen LogP contribution >= 0.6 is 0 Å². The van der Waals surface area contributed by atoms with Gasteiger partial charge in [0.2, 0.25) is 0 Å². The Morgan fingerprint density at radius 2 is 1.88 bits per heavy atom. The molecule has 0 aliphatic rings. The molecule has 1 N–H and O–H groups in total. The number of carbonyl (C=O) groups is 1. The van der Waals surface area contributed by atoms with Crippen LogP contribution in [-0.4, -0.2) is 36.9 Å². The zero-order valence-electron chi connectivity index (χ0n) is 14.0. The van der Waals surface area contributed by atoms with Crippen molar-refractivity contribution in [3.8, 4) is 5.75 Å². The number of pyridine rings is 1. The molecule has 1 heterocycles. The summed E-state index contributed by atoms with van der Waals surface area (Å²) in [6.45, 7) is 5.43. The number of ether oxygens (including phenoxy) is 3. The van der Waals surface area contributed by atoms with Gasteiger partial charge < -0.3 is 19.5 Å². The van der Waals surface area contributed by atoms with Gasteiger partial charge in [-0.25, -0.2) is 9.78 Å². The number of carbonyl (C=O) groups excluding carboxylic acids is 1. The molecule has 0 spiro atoms. The van der Waals surface area contributed by atoms with E-state index in [9.17, 15) is 18.0 Å². The van der Waals surface area contributed by atoms with Crippen LogP contribution in [0.15, 0.2) is 12.1 Å². The Balaban J connectivity index is 2.93. The van der Waals surface area contributed by atoms with Crippen molar-refractivity contribution in [2.45, 2.75) is 39.1 Å². The zero-order valence-corrected chi connectivity index (χ0v) is 14.0. The van der Waals surface area contributed by atoms with Crippen molar-refractivity contribution in [1.29, 1.82) is 0 Å². The average molecular weight is 350 g/mol. The number of aromatic nitrogens is 1. The maximum absolute atomic E-state index is 12.8. The lowest BCUT2D eigenvalue weighted by Crippen LogP contribution is -2.42. The predicted octanol–water partition coefficient (Wildman–Crippen LogP) is 3.15. The molecule has 1 amide bonds. The number of nitrogens with zero attached hydrogens (tertiary/aromatic N) is 1. The lowest BCUT2D eigenvalue weighted by atomic mass is 10.1. The summed E-state index contributed by atoms with van der Waals surface area (Å²) in [6.07, 6.45) is -5.39. The maximum atomic E-state index is 12.8.